The maximum absolute atomic E-state index is 13.2. The van der Waals surface area contributed by atoms with Gasteiger partial charge < -0.3 is 31.0 Å². The summed E-state index contributed by atoms with van der Waals surface area (Å²) in [4.78, 5) is 56.1. The second kappa shape index (κ2) is 23.4. The lowest BCUT2D eigenvalue weighted by molar-refractivity contribution is -0.385. The number of nitrogens with two attached hydrogens (primary N) is 1. The van der Waals surface area contributed by atoms with Crippen molar-refractivity contribution in [1.82, 2.24) is 29.9 Å². The van der Waals surface area contributed by atoms with Gasteiger partial charge in [-0.1, -0.05) is 24.3 Å². The third-order valence-electron chi connectivity index (χ3n) is 12.5. The molecule has 1 radical (unpaired) electrons. The molecule has 2 atom stereocenters. The molecule has 0 fully saturated rings. The van der Waals surface area contributed by atoms with Gasteiger partial charge in [-0.05, 0) is 125 Å². The highest BCUT2D eigenvalue weighted by molar-refractivity contribution is 6.17. The van der Waals surface area contributed by atoms with Gasteiger partial charge in [0, 0.05) is 71.5 Å². The molecule has 77 heavy (non-hydrogen) atoms. The summed E-state index contributed by atoms with van der Waals surface area (Å²) in [5, 5.41) is 36.3. The van der Waals surface area contributed by atoms with E-state index in [-0.39, 0.29) is 46.5 Å². The van der Waals surface area contributed by atoms with E-state index in [2.05, 4.69) is 45.2 Å². The second-order valence-corrected chi connectivity index (χ2v) is 17.3. The Balaban J connectivity index is 0.000000130. The predicted octanol–water partition coefficient (Wildman–Crippen LogP) is 9.98. The molecule has 6 aromatic carbocycles. The van der Waals surface area contributed by atoms with E-state index in [0.29, 0.717) is 31.8 Å². The summed E-state index contributed by atoms with van der Waals surface area (Å²) in [7, 11) is 0.549. The molecule has 9 aromatic rings. The molecule has 2 aliphatic heterocycles. The smallest absolute Gasteiger partial charge is 0.537 e. The number of rotatable bonds is 9. The lowest BCUT2D eigenvalue weighted by atomic mass is 9.99. The van der Waals surface area contributed by atoms with E-state index in [1.165, 1.54) is 91.8 Å². The van der Waals surface area contributed by atoms with Crippen molar-refractivity contribution in [3.63, 3.8) is 0 Å². The number of benzene rings is 6. The van der Waals surface area contributed by atoms with Crippen LogP contribution in [0.15, 0.2) is 169 Å². The van der Waals surface area contributed by atoms with Gasteiger partial charge in [-0.2, -0.15) is 0 Å². The Hall–Kier alpha value is -10.1. The van der Waals surface area contributed by atoms with Gasteiger partial charge in [0.2, 0.25) is 0 Å². The summed E-state index contributed by atoms with van der Waals surface area (Å²) in [5.41, 5.74) is 17.0. The number of H-pyrrole nitrogens is 1. The Morgan fingerprint density at radius 3 is 1.49 bits per heavy atom. The van der Waals surface area contributed by atoms with Crippen molar-refractivity contribution in [3.05, 3.63) is 252 Å². The van der Waals surface area contributed by atoms with Gasteiger partial charge in [-0.15, -0.1) is 0 Å². The van der Waals surface area contributed by atoms with Crippen molar-refractivity contribution in [2.45, 2.75) is 31.3 Å². The first-order valence-electron chi connectivity index (χ1n) is 23.5. The number of hydrogen-bond donors (Lipinski definition) is 5. The first-order valence-corrected chi connectivity index (χ1v) is 23.5. The number of hydrogen-bond acceptors (Lipinski definition) is 15. The molecular weight excluding hydrogens is 994 g/mol. The summed E-state index contributed by atoms with van der Waals surface area (Å²) in [5.74, 6) is 1.10. The van der Waals surface area contributed by atoms with Gasteiger partial charge in [0.15, 0.2) is 0 Å². The number of non-ortho nitro benzene ring substituents is 2. The lowest BCUT2D eigenvalue weighted by Crippen LogP contribution is -2.10. The number of nitrogen functional groups attached to an aromatic ring is 1. The van der Waals surface area contributed by atoms with E-state index in [9.17, 15) is 38.2 Å². The van der Waals surface area contributed by atoms with E-state index in [0.717, 1.165) is 85.3 Å². The SMILES string of the molecule is Nc1ccc(C2Cc3c(ncnc3-c3ccc(F)cc3)N2)cc1.O=[N+]([O-])c1ccc(C2Cc3c(ncnc3-c3ccc(F)cc3)N2)cc1.O=c1[nH]cnc2c1C=C(c1ccc([N+](=O)[O-])cc1)C2.O[B]Oc1ccc(F)cc1. The molecule has 1 aliphatic carbocycles. The molecule has 0 spiro atoms. The average Bonchev–Trinajstić information content (AvgIpc) is 4.25. The fourth-order valence-corrected chi connectivity index (χ4v) is 8.67. The predicted molar refractivity (Wildman–Crippen MR) is 283 cm³/mol. The third kappa shape index (κ3) is 12.5. The number of halogens is 3. The molecule has 6 N–H and O–H groups in total. The molecule has 2 unspecified atom stereocenters. The van der Waals surface area contributed by atoms with Gasteiger partial charge in [-0.25, -0.2) is 38.1 Å². The number of nitrogens with zero attached hydrogens (tertiary/aromatic N) is 7. The standard InChI is InChI=1S/C18H13FN4O2.C18H15FN4.C13H9N3O3.C6H5BFO2/c19-13-5-1-12(2-6-13)17-15-9-16(22-18(15)21-10-20-17)11-3-7-14(8-4-11)23(24)25;19-13-5-1-12(2-6-13)17-15-9-16(23-18(15)22-10-21-17)11-3-7-14(20)8-4-11;17-13-11-5-9(6-12(11)14-7-15-13)8-1-3-10(4-2-8)16(18)19;8-5-1-3-6(4-2-5)10-7-9/h1-8,10,16H,9H2,(H,20,21,22);1-8,10,16H,9,20H2,(H,21,22,23);1-5,7H,6H2,(H,14,15,17);1-4,9H. The fourth-order valence-electron chi connectivity index (χ4n) is 8.67. The van der Waals surface area contributed by atoms with E-state index in [1.54, 1.807) is 54.6 Å². The minimum atomic E-state index is -0.437. The normalized spacial score (nSPS) is 14.2. The second-order valence-electron chi connectivity index (χ2n) is 17.3. The van der Waals surface area contributed by atoms with Crippen LogP contribution < -0.4 is 26.6 Å². The minimum Gasteiger partial charge on any atom is -0.537 e. The summed E-state index contributed by atoms with van der Waals surface area (Å²) in [6.45, 7) is 0. The zero-order valence-electron chi connectivity index (χ0n) is 40.3. The molecule has 3 aromatic heterocycles. The molecule has 0 amide bonds. The average molecular weight is 1040 g/mol. The number of aromatic nitrogens is 6. The highest BCUT2D eigenvalue weighted by atomic mass is 19.1. The van der Waals surface area contributed by atoms with Crippen LogP contribution in [0.1, 0.15) is 51.2 Å². The van der Waals surface area contributed by atoms with E-state index in [1.807, 2.05) is 24.3 Å². The number of aromatic amines is 1. The van der Waals surface area contributed by atoms with Gasteiger partial charge in [0.05, 0.1) is 50.9 Å². The molecule has 22 heteroatoms. The minimum absolute atomic E-state index is 0.0355. The van der Waals surface area contributed by atoms with E-state index >= 15 is 0 Å². The van der Waals surface area contributed by atoms with Crippen LogP contribution in [0.5, 0.6) is 5.75 Å². The molecule has 18 nitrogen and oxygen atoms in total. The number of nitro benzene ring substituents is 2. The van der Waals surface area contributed by atoms with Crippen LogP contribution >= 0.6 is 0 Å². The Kier molecular flexibility index (Phi) is 15.8. The maximum Gasteiger partial charge on any atom is 0.569 e. The lowest BCUT2D eigenvalue weighted by Gasteiger charge is -2.11. The molecule has 0 saturated heterocycles. The molecule has 5 heterocycles. The van der Waals surface area contributed by atoms with Crippen LogP contribution in [-0.2, 0) is 19.3 Å². The number of nitrogens with one attached hydrogen (secondary N) is 3. The van der Waals surface area contributed by atoms with Crippen LogP contribution in [0.25, 0.3) is 34.2 Å². The quantitative estimate of drug-likeness (QED) is 0.0390. The number of allylic oxidation sites excluding steroid dienone is 1. The third-order valence-corrected chi connectivity index (χ3v) is 12.5. The van der Waals surface area contributed by atoms with E-state index < -0.39 is 9.85 Å². The number of anilines is 3. The topological polar surface area (TPSA) is 263 Å². The van der Waals surface area contributed by atoms with Crippen LogP contribution in [-0.4, -0.2) is 52.5 Å². The first-order chi connectivity index (χ1) is 37.3. The van der Waals surface area contributed by atoms with Gasteiger partial charge >= 0.3 is 7.69 Å². The molecule has 12 rings (SSSR count). The Labute approximate surface area is 436 Å². The number of nitro groups is 2. The van der Waals surface area contributed by atoms with Crippen molar-refractivity contribution < 1.29 is 32.7 Å². The zero-order valence-corrected chi connectivity index (χ0v) is 40.3. The summed E-state index contributed by atoms with van der Waals surface area (Å²) < 4.78 is 43.0. The molecule has 383 valence electrons. The number of fused-ring (bicyclic) bond motifs is 3. The van der Waals surface area contributed by atoms with Crippen LogP contribution in [0.4, 0.5) is 41.9 Å². The molecule has 0 saturated carbocycles. The van der Waals surface area contributed by atoms with Crippen molar-refractivity contribution in [3.8, 4) is 28.3 Å². The Morgan fingerprint density at radius 2 is 1.04 bits per heavy atom. The van der Waals surface area contributed by atoms with Crippen molar-refractivity contribution in [2.24, 2.45) is 0 Å². The van der Waals surface area contributed by atoms with Gasteiger partial charge in [0.25, 0.3) is 16.9 Å². The zero-order chi connectivity index (χ0) is 54.0. The van der Waals surface area contributed by atoms with Crippen LogP contribution in [0.2, 0.25) is 0 Å². The van der Waals surface area contributed by atoms with Crippen molar-refractivity contribution in [2.75, 3.05) is 16.4 Å². The summed E-state index contributed by atoms with van der Waals surface area (Å²) in [6.07, 6.45) is 8.18. The highest BCUT2D eigenvalue weighted by Crippen LogP contribution is 2.39. The highest BCUT2D eigenvalue weighted by Gasteiger charge is 2.29. The van der Waals surface area contributed by atoms with E-state index in [4.69, 9.17) is 10.8 Å². The summed E-state index contributed by atoms with van der Waals surface area (Å²) in [6, 6.07) is 38.6. The molecule has 0 bridgehead atoms. The van der Waals surface area contributed by atoms with Crippen LogP contribution in [0.3, 0.4) is 0 Å². The first kappa shape index (κ1) is 51.8. The van der Waals surface area contributed by atoms with Crippen LogP contribution in [0, 0.1) is 37.7 Å². The Morgan fingerprint density at radius 1 is 0.597 bits per heavy atom. The molecule has 3 aliphatic rings. The maximum atomic E-state index is 13.2. The molecular formula is C55H42BF3N11O7. The largest absolute Gasteiger partial charge is 0.569 e. The monoisotopic (exact) mass is 1040 g/mol. The summed E-state index contributed by atoms with van der Waals surface area (Å²) >= 11 is 0. The fraction of sp³-hybridized carbons (Fsp3) is 0.0909. The van der Waals surface area contributed by atoms with Crippen molar-refractivity contribution in [1.29, 1.82) is 0 Å². The Bertz CT molecular complexity index is 3650. The van der Waals surface area contributed by atoms with Gasteiger partial charge in [-0.3, -0.25) is 25.0 Å². The van der Waals surface area contributed by atoms with Gasteiger partial charge in [0.1, 0.15) is 47.5 Å². The van der Waals surface area contributed by atoms with Crippen molar-refractivity contribution >= 4 is 48.0 Å².